The molecule has 17 heavy (non-hydrogen) atoms. The van der Waals surface area contributed by atoms with Gasteiger partial charge in [0.05, 0.1) is 11.9 Å². The van der Waals surface area contributed by atoms with Gasteiger partial charge in [-0.25, -0.2) is 4.79 Å². The quantitative estimate of drug-likeness (QED) is 0.739. The molecule has 0 aliphatic rings. The lowest BCUT2D eigenvalue weighted by Gasteiger charge is -2.28. The van der Waals surface area contributed by atoms with Gasteiger partial charge in [-0.2, -0.15) is 0 Å². The molecule has 0 saturated heterocycles. The molecule has 0 spiro atoms. The van der Waals surface area contributed by atoms with Gasteiger partial charge in [0.15, 0.2) is 0 Å². The fourth-order valence-corrected chi connectivity index (χ4v) is 1.74. The zero-order chi connectivity index (χ0) is 12.7. The van der Waals surface area contributed by atoms with Crippen molar-refractivity contribution in [1.29, 1.82) is 0 Å². The van der Waals surface area contributed by atoms with E-state index in [-0.39, 0.29) is 0 Å². The molecule has 0 fully saturated rings. The van der Waals surface area contributed by atoms with Crippen LogP contribution in [0.2, 0.25) is 0 Å². The van der Waals surface area contributed by atoms with Crippen LogP contribution >= 0.6 is 0 Å². The highest BCUT2D eigenvalue weighted by Crippen LogP contribution is 2.16. The Labute approximate surface area is 102 Å². The maximum Gasteiger partial charge on any atom is 0.326 e. The molecule has 1 atom stereocenters. The zero-order valence-corrected chi connectivity index (χ0v) is 10.5. The first kappa shape index (κ1) is 13.5. The van der Waals surface area contributed by atoms with Crippen LogP contribution in [-0.4, -0.2) is 28.6 Å². The lowest BCUT2D eigenvalue weighted by atomic mass is 10.2. The van der Waals surface area contributed by atoms with Crippen molar-refractivity contribution in [2.24, 2.45) is 0 Å². The summed E-state index contributed by atoms with van der Waals surface area (Å²) >= 11 is 0. The Morgan fingerprint density at radius 1 is 1.53 bits per heavy atom. The molecule has 0 aliphatic heterocycles. The van der Waals surface area contributed by atoms with E-state index in [9.17, 15) is 4.79 Å². The predicted molar refractivity (Wildman–Crippen MR) is 68.2 cm³/mol. The Morgan fingerprint density at radius 3 is 2.82 bits per heavy atom. The van der Waals surface area contributed by atoms with E-state index in [4.69, 9.17) is 5.11 Å². The second kappa shape index (κ2) is 6.89. The molecular formula is C13H20N2O2. The minimum Gasteiger partial charge on any atom is -0.480 e. The molecule has 0 aromatic carbocycles. The van der Waals surface area contributed by atoms with Gasteiger partial charge in [-0.1, -0.05) is 19.8 Å². The third kappa shape index (κ3) is 4.06. The molecule has 0 aliphatic carbocycles. The van der Waals surface area contributed by atoms with E-state index in [1.165, 1.54) is 0 Å². The van der Waals surface area contributed by atoms with Gasteiger partial charge in [0.25, 0.3) is 0 Å². The minimum atomic E-state index is -0.801. The van der Waals surface area contributed by atoms with Crippen molar-refractivity contribution in [3.8, 4) is 0 Å². The van der Waals surface area contributed by atoms with Gasteiger partial charge in [0, 0.05) is 12.7 Å². The van der Waals surface area contributed by atoms with E-state index >= 15 is 0 Å². The molecule has 0 radical (unpaired) electrons. The monoisotopic (exact) mass is 236 g/mol. The van der Waals surface area contributed by atoms with Crippen molar-refractivity contribution in [1.82, 2.24) is 4.98 Å². The van der Waals surface area contributed by atoms with Gasteiger partial charge in [-0.05, 0) is 25.5 Å². The fraction of sp³-hybridized carbons (Fsp3) is 0.538. The average Bonchev–Trinajstić information content (AvgIpc) is 2.35. The number of nitrogens with zero attached hydrogens (tertiary/aromatic N) is 2. The second-order valence-electron chi connectivity index (χ2n) is 4.13. The third-order valence-corrected chi connectivity index (χ3v) is 2.81. The van der Waals surface area contributed by atoms with Crippen LogP contribution in [0.5, 0.6) is 0 Å². The Hall–Kier alpha value is -1.58. The maximum atomic E-state index is 11.1. The summed E-state index contributed by atoms with van der Waals surface area (Å²) < 4.78 is 0. The number of aliphatic carboxylic acids is 1. The molecule has 0 amide bonds. The lowest BCUT2D eigenvalue weighted by Crippen LogP contribution is -2.39. The number of pyridine rings is 1. The number of anilines is 1. The SMILES string of the molecule is CCCCCN(c1cccnc1)[C@@H](C)C(=O)O. The molecule has 1 heterocycles. The minimum absolute atomic E-state index is 0.518. The lowest BCUT2D eigenvalue weighted by molar-refractivity contribution is -0.138. The number of rotatable bonds is 7. The van der Waals surface area contributed by atoms with Gasteiger partial charge in [0.1, 0.15) is 6.04 Å². The number of unbranched alkanes of at least 4 members (excludes halogenated alkanes) is 2. The highest BCUT2D eigenvalue weighted by Gasteiger charge is 2.20. The van der Waals surface area contributed by atoms with Crippen LogP contribution in [-0.2, 0) is 4.79 Å². The topological polar surface area (TPSA) is 53.4 Å². The molecule has 0 unspecified atom stereocenters. The van der Waals surface area contributed by atoms with Crippen molar-refractivity contribution in [3.63, 3.8) is 0 Å². The number of hydrogen-bond donors (Lipinski definition) is 1. The highest BCUT2D eigenvalue weighted by atomic mass is 16.4. The summed E-state index contributed by atoms with van der Waals surface area (Å²) in [5, 5.41) is 9.11. The average molecular weight is 236 g/mol. The van der Waals surface area contributed by atoms with Crippen LogP contribution in [0.4, 0.5) is 5.69 Å². The first-order valence-corrected chi connectivity index (χ1v) is 6.06. The second-order valence-corrected chi connectivity index (χ2v) is 4.13. The van der Waals surface area contributed by atoms with Crippen molar-refractivity contribution in [3.05, 3.63) is 24.5 Å². The number of carbonyl (C=O) groups is 1. The molecule has 1 rings (SSSR count). The largest absolute Gasteiger partial charge is 0.480 e. The third-order valence-electron chi connectivity index (χ3n) is 2.81. The van der Waals surface area contributed by atoms with Crippen LogP contribution < -0.4 is 4.90 Å². The summed E-state index contributed by atoms with van der Waals surface area (Å²) in [5.74, 6) is -0.801. The summed E-state index contributed by atoms with van der Waals surface area (Å²) in [7, 11) is 0. The van der Waals surface area contributed by atoms with Crippen LogP contribution in [0, 0.1) is 0 Å². The van der Waals surface area contributed by atoms with Crippen molar-refractivity contribution < 1.29 is 9.90 Å². The molecule has 0 bridgehead atoms. The van der Waals surface area contributed by atoms with Gasteiger partial charge in [-0.3, -0.25) is 4.98 Å². The smallest absolute Gasteiger partial charge is 0.326 e. The molecule has 1 aromatic heterocycles. The van der Waals surface area contributed by atoms with Crippen molar-refractivity contribution >= 4 is 11.7 Å². The molecule has 1 N–H and O–H groups in total. The van der Waals surface area contributed by atoms with Gasteiger partial charge in [-0.15, -0.1) is 0 Å². The number of carboxylic acids is 1. The first-order chi connectivity index (χ1) is 8.16. The fourth-order valence-electron chi connectivity index (χ4n) is 1.74. The molecular weight excluding hydrogens is 216 g/mol. The van der Waals surface area contributed by atoms with Crippen molar-refractivity contribution in [2.75, 3.05) is 11.4 Å². The summed E-state index contributed by atoms with van der Waals surface area (Å²) in [5.41, 5.74) is 0.874. The van der Waals surface area contributed by atoms with E-state index in [0.717, 1.165) is 31.5 Å². The molecule has 4 nitrogen and oxygen atoms in total. The summed E-state index contributed by atoms with van der Waals surface area (Å²) in [6, 6.07) is 3.21. The van der Waals surface area contributed by atoms with E-state index in [1.54, 1.807) is 19.3 Å². The summed E-state index contributed by atoms with van der Waals surface area (Å²) in [4.78, 5) is 17.0. The highest BCUT2D eigenvalue weighted by molar-refractivity contribution is 5.77. The Kier molecular flexibility index (Phi) is 5.46. The molecule has 0 saturated carbocycles. The van der Waals surface area contributed by atoms with Gasteiger partial charge in [0.2, 0.25) is 0 Å². The number of carboxylic acid groups (broad SMARTS) is 1. The van der Waals surface area contributed by atoms with Gasteiger partial charge >= 0.3 is 5.97 Å². The van der Waals surface area contributed by atoms with Crippen LogP contribution in [0.1, 0.15) is 33.1 Å². The van der Waals surface area contributed by atoms with Crippen molar-refractivity contribution in [2.45, 2.75) is 39.2 Å². The molecule has 4 heteroatoms. The molecule has 1 aromatic rings. The van der Waals surface area contributed by atoms with Gasteiger partial charge < -0.3 is 10.0 Å². The zero-order valence-electron chi connectivity index (χ0n) is 10.5. The molecule has 94 valence electrons. The number of aromatic nitrogens is 1. The first-order valence-electron chi connectivity index (χ1n) is 6.06. The summed E-state index contributed by atoms with van der Waals surface area (Å²) in [6.07, 6.45) is 6.65. The standard InChI is InChI=1S/C13H20N2O2/c1-3-4-5-9-15(11(2)13(16)17)12-7-6-8-14-10-12/h6-8,10-11H,3-5,9H2,1-2H3,(H,16,17)/t11-/m0/s1. The Bertz CT molecular complexity index is 341. The van der Waals surface area contributed by atoms with E-state index < -0.39 is 12.0 Å². The summed E-state index contributed by atoms with van der Waals surface area (Å²) in [6.45, 7) is 4.60. The predicted octanol–water partition coefficient (Wildman–Crippen LogP) is 2.55. The van der Waals surface area contributed by atoms with E-state index in [0.29, 0.717) is 0 Å². The van der Waals surface area contributed by atoms with Crippen LogP contribution in [0.15, 0.2) is 24.5 Å². The normalized spacial score (nSPS) is 12.1. The Balaban J connectivity index is 2.75. The van der Waals surface area contributed by atoms with Crippen LogP contribution in [0.3, 0.4) is 0 Å². The Morgan fingerprint density at radius 2 is 2.29 bits per heavy atom. The van der Waals surface area contributed by atoms with Crippen LogP contribution in [0.25, 0.3) is 0 Å². The number of hydrogen-bond acceptors (Lipinski definition) is 3. The maximum absolute atomic E-state index is 11.1. The van der Waals surface area contributed by atoms with E-state index in [2.05, 4.69) is 11.9 Å². The van der Waals surface area contributed by atoms with E-state index in [1.807, 2.05) is 17.0 Å².